The predicted molar refractivity (Wildman–Crippen MR) is 113 cm³/mol. The molecule has 3 aliphatic rings. The van der Waals surface area contributed by atoms with E-state index in [0.29, 0.717) is 17.6 Å². The first kappa shape index (κ1) is 20.7. The Morgan fingerprint density at radius 2 is 2.00 bits per heavy atom. The van der Waals surface area contributed by atoms with Crippen LogP contribution in [0.4, 0.5) is 0 Å². The molecule has 2 bridgehead atoms. The van der Waals surface area contributed by atoms with Crippen molar-refractivity contribution in [2.45, 2.75) is 78.1 Å². The van der Waals surface area contributed by atoms with Gasteiger partial charge in [-0.25, -0.2) is 12.7 Å². The third-order valence-electron chi connectivity index (χ3n) is 6.95. The molecule has 0 amide bonds. The summed E-state index contributed by atoms with van der Waals surface area (Å²) >= 11 is 3.47. The van der Waals surface area contributed by atoms with Gasteiger partial charge in [-0.15, -0.1) is 0 Å². The molecular weight excluding hydrogens is 430 g/mol. The van der Waals surface area contributed by atoms with Crippen molar-refractivity contribution in [3.63, 3.8) is 0 Å². The number of alkyl halides is 1. The van der Waals surface area contributed by atoms with Crippen molar-refractivity contribution in [1.82, 2.24) is 4.31 Å². The predicted octanol–water partition coefficient (Wildman–Crippen LogP) is 5.08. The third-order valence-corrected chi connectivity index (χ3v) is 10.2. The van der Waals surface area contributed by atoms with Crippen molar-refractivity contribution in [3.05, 3.63) is 12.0 Å². The van der Waals surface area contributed by atoms with E-state index in [4.69, 9.17) is 4.43 Å². The quantitative estimate of drug-likeness (QED) is 0.228. The number of allylic oxidation sites excluding steroid dienone is 1. The second-order valence-corrected chi connectivity index (χ2v) is 16.9. The van der Waals surface area contributed by atoms with Crippen LogP contribution in [-0.4, -0.2) is 38.2 Å². The van der Waals surface area contributed by atoms with Crippen LogP contribution in [0.15, 0.2) is 12.0 Å². The summed E-state index contributed by atoms with van der Waals surface area (Å²) in [6, 6.07) is 0.0834. The van der Waals surface area contributed by atoms with E-state index >= 15 is 0 Å². The molecule has 2 saturated carbocycles. The molecule has 0 aromatic heterocycles. The highest BCUT2D eigenvalue weighted by atomic mass is 79.9. The Hall–Kier alpha value is -0.0131. The minimum atomic E-state index is -3.32. The van der Waals surface area contributed by atoms with Crippen LogP contribution in [-0.2, 0) is 14.4 Å². The molecule has 26 heavy (non-hydrogen) atoms. The number of rotatable bonds is 7. The molecule has 4 nitrogen and oxygen atoms in total. The lowest BCUT2D eigenvalue weighted by atomic mass is 9.69. The minimum absolute atomic E-state index is 0.0834. The summed E-state index contributed by atoms with van der Waals surface area (Å²) in [6.45, 7) is 11.0. The van der Waals surface area contributed by atoms with E-state index in [1.807, 2.05) is 0 Å². The van der Waals surface area contributed by atoms with Gasteiger partial charge in [0.2, 0.25) is 18.3 Å². The van der Waals surface area contributed by atoms with Gasteiger partial charge in [0.25, 0.3) is 0 Å². The number of hydrogen-bond donors (Lipinski definition) is 0. The van der Waals surface area contributed by atoms with Gasteiger partial charge >= 0.3 is 0 Å². The van der Waals surface area contributed by atoms with Gasteiger partial charge in [0.1, 0.15) is 0 Å². The molecular formula is C19H34BrNO3SSi. The van der Waals surface area contributed by atoms with Crippen LogP contribution < -0.4 is 0 Å². The minimum Gasteiger partial charge on any atom is -0.532 e. The van der Waals surface area contributed by atoms with Crippen LogP contribution in [0.3, 0.4) is 0 Å². The first-order valence-electron chi connectivity index (χ1n) is 9.92. The molecule has 0 radical (unpaired) electrons. The van der Waals surface area contributed by atoms with Gasteiger partial charge in [0.05, 0.1) is 11.8 Å². The second-order valence-electron chi connectivity index (χ2n) is 9.86. The Balaban J connectivity index is 1.95. The highest BCUT2D eigenvalue weighted by Crippen LogP contribution is 2.70. The van der Waals surface area contributed by atoms with Gasteiger partial charge in [-0.1, -0.05) is 29.8 Å². The molecule has 0 aromatic carbocycles. The molecule has 0 unspecified atom stereocenters. The average molecular weight is 465 g/mol. The topological polar surface area (TPSA) is 46.6 Å². The lowest BCUT2D eigenvalue weighted by Crippen LogP contribution is -2.43. The van der Waals surface area contributed by atoms with Crippen LogP contribution in [0.25, 0.3) is 0 Å². The molecule has 1 heterocycles. The van der Waals surface area contributed by atoms with Crippen molar-refractivity contribution in [3.8, 4) is 0 Å². The van der Waals surface area contributed by atoms with Crippen molar-refractivity contribution in [2.24, 2.45) is 16.7 Å². The third kappa shape index (κ3) is 3.30. The summed E-state index contributed by atoms with van der Waals surface area (Å²) in [5.41, 5.74) is -0.00598. The van der Waals surface area contributed by atoms with Gasteiger partial charge in [-0.2, -0.15) is 0 Å². The molecule has 1 aliphatic heterocycles. The van der Waals surface area contributed by atoms with Crippen LogP contribution in [0, 0.1) is 16.7 Å². The van der Waals surface area contributed by atoms with Crippen LogP contribution in [0.2, 0.25) is 19.6 Å². The lowest BCUT2D eigenvalue weighted by Gasteiger charge is -2.38. The Labute approximate surface area is 169 Å². The largest absolute Gasteiger partial charge is 0.532 e. The summed E-state index contributed by atoms with van der Waals surface area (Å²) < 4.78 is 34.6. The fourth-order valence-corrected chi connectivity index (χ4v) is 9.37. The van der Waals surface area contributed by atoms with E-state index in [9.17, 15) is 8.42 Å². The molecule has 3 atom stereocenters. The standard InChI is InChI=1S/C19H34BrNO3SSi/c1-18(2)15-10-11-19(18)14-25(22,23)21(16(19)13-15)17(24-26(3,4)5)9-7-6-8-12-20/h9,15-16H,6-8,10-14H2,1-5H3/b17-9-/t15-,16-,19-/m0/s1. The molecule has 0 N–H and O–H groups in total. The molecule has 1 saturated heterocycles. The monoisotopic (exact) mass is 463 g/mol. The number of unbranched alkanes of at least 4 members (excludes halogenated alkanes) is 2. The number of nitrogens with zero attached hydrogens (tertiary/aromatic N) is 1. The van der Waals surface area contributed by atoms with Crippen molar-refractivity contribution in [1.29, 1.82) is 0 Å². The van der Waals surface area contributed by atoms with E-state index in [0.717, 1.165) is 37.4 Å². The van der Waals surface area contributed by atoms with Crippen molar-refractivity contribution >= 4 is 34.3 Å². The van der Waals surface area contributed by atoms with Crippen molar-refractivity contribution in [2.75, 3.05) is 11.1 Å². The highest BCUT2D eigenvalue weighted by molar-refractivity contribution is 9.09. The number of halogens is 1. The summed E-state index contributed by atoms with van der Waals surface area (Å²) in [7, 11) is -5.23. The Kier molecular flexibility index (Phi) is 5.42. The average Bonchev–Trinajstić information content (AvgIpc) is 2.96. The summed E-state index contributed by atoms with van der Waals surface area (Å²) in [5.74, 6) is 1.55. The van der Waals surface area contributed by atoms with E-state index in [1.165, 1.54) is 6.42 Å². The SMILES string of the molecule is CC1(C)[C@H]2CC[C@@]13CS(=O)(=O)N(/C(=C/CCCCBr)O[Si](C)(C)C)[C@H]3C2. The smallest absolute Gasteiger partial charge is 0.244 e. The van der Waals surface area contributed by atoms with E-state index < -0.39 is 18.3 Å². The van der Waals surface area contributed by atoms with E-state index in [1.54, 1.807) is 4.31 Å². The maximum atomic E-state index is 13.3. The first-order chi connectivity index (χ1) is 11.9. The Morgan fingerprint density at radius 1 is 1.31 bits per heavy atom. The van der Waals surface area contributed by atoms with Gasteiger partial charge in [-0.05, 0) is 75.6 Å². The number of fused-ring (bicyclic) bond motifs is 1. The Bertz CT molecular complexity index is 685. The summed E-state index contributed by atoms with van der Waals surface area (Å²) in [4.78, 5) is 0. The number of hydrogen-bond acceptors (Lipinski definition) is 3. The van der Waals surface area contributed by atoms with Crippen LogP contribution in [0.1, 0.15) is 52.4 Å². The Morgan fingerprint density at radius 3 is 2.58 bits per heavy atom. The zero-order valence-corrected chi connectivity index (χ0v) is 20.2. The fraction of sp³-hybridized carbons (Fsp3) is 0.895. The second kappa shape index (κ2) is 6.80. The lowest BCUT2D eigenvalue weighted by molar-refractivity contribution is 0.108. The molecule has 1 spiro atoms. The van der Waals surface area contributed by atoms with Gasteiger partial charge in [0, 0.05) is 10.7 Å². The van der Waals surface area contributed by atoms with Crippen molar-refractivity contribution < 1.29 is 12.8 Å². The molecule has 7 heteroatoms. The normalized spacial score (nSPS) is 35.0. The zero-order chi connectivity index (χ0) is 19.4. The molecule has 2 aliphatic carbocycles. The van der Waals surface area contributed by atoms with E-state index in [-0.39, 0.29) is 16.9 Å². The highest BCUT2D eigenvalue weighted by Gasteiger charge is 2.72. The first-order valence-corrected chi connectivity index (χ1v) is 16.1. The van der Waals surface area contributed by atoms with Gasteiger partial charge in [-0.3, -0.25) is 0 Å². The van der Waals surface area contributed by atoms with Gasteiger partial charge < -0.3 is 4.43 Å². The molecule has 3 fully saturated rings. The number of sulfonamides is 1. The molecule has 150 valence electrons. The summed E-state index contributed by atoms with van der Waals surface area (Å²) in [5, 5.41) is 0.981. The van der Waals surface area contributed by atoms with Gasteiger partial charge in [0.15, 0.2) is 5.88 Å². The zero-order valence-electron chi connectivity index (χ0n) is 16.8. The fourth-order valence-electron chi connectivity index (χ4n) is 5.53. The maximum Gasteiger partial charge on any atom is 0.244 e. The maximum absolute atomic E-state index is 13.3. The van der Waals surface area contributed by atoms with E-state index in [2.05, 4.69) is 55.5 Å². The molecule has 0 aromatic rings. The van der Waals surface area contributed by atoms with Crippen LogP contribution >= 0.6 is 15.9 Å². The van der Waals surface area contributed by atoms with Crippen LogP contribution in [0.5, 0.6) is 0 Å². The summed E-state index contributed by atoms with van der Waals surface area (Å²) in [6.07, 6.45) is 8.24. The molecule has 3 rings (SSSR count).